The fourth-order valence-electron chi connectivity index (χ4n) is 3.85. The number of carbonyl (C=O) groups is 2. The summed E-state index contributed by atoms with van der Waals surface area (Å²) >= 11 is 3.38. The van der Waals surface area contributed by atoms with Crippen LogP contribution in [0.3, 0.4) is 0 Å². The molecule has 0 aromatic heterocycles. The van der Waals surface area contributed by atoms with E-state index in [1.807, 2.05) is 52.0 Å². The number of sulfonamides is 1. The van der Waals surface area contributed by atoms with Crippen molar-refractivity contribution in [1.29, 1.82) is 0 Å². The van der Waals surface area contributed by atoms with Crippen molar-refractivity contribution in [2.75, 3.05) is 10.8 Å². The summed E-state index contributed by atoms with van der Waals surface area (Å²) in [6.45, 7) is 8.88. The number of amides is 2. The molecule has 0 fully saturated rings. The number of hydrogen-bond donors (Lipinski definition) is 1. The number of rotatable bonds is 10. The second kappa shape index (κ2) is 12.6. The first kappa shape index (κ1) is 29.4. The van der Waals surface area contributed by atoms with Crippen molar-refractivity contribution < 1.29 is 18.0 Å². The van der Waals surface area contributed by atoms with Crippen LogP contribution in [0, 0.1) is 13.8 Å². The van der Waals surface area contributed by atoms with Crippen LogP contribution >= 0.6 is 15.9 Å². The highest BCUT2D eigenvalue weighted by Gasteiger charge is 2.32. The Bertz CT molecular complexity index is 1360. The number of nitrogens with zero attached hydrogens (tertiary/aromatic N) is 2. The van der Waals surface area contributed by atoms with E-state index in [4.69, 9.17) is 0 Å². The van der Waals surface area contributed by atoms with Crippen molar-refractivity contribution in [2.45, 2.75) is 58.1 Å². The van der Waals surface area contributed by atoms with Crippen LogP contribution in [0.15, 0.2) is 82.2 Å². The van der Waals surface area contributed by atoms with E-state index in [0.29, 0.717) is 5.69 Å². The number of anilines is 1. The Morgan fingerprint density at radius 3 is 1.89 bits per heavy atom. The van der Waals surface area contributed by atoms with Gasteiger partial charge in [0, 0.05) is 17.1 Å². The van der Waals surface area contributed by atoms with Gasteiger partial charge in [-0.05, 0) is 76.6 Å². The fourth-order valence-corrected chi connectivity index (χ4v) is 5.53. The van der Waals surface area contributed by atoms with E-state index in [-0.39, 0.29) is 23.4 Å². The van der Waals surface area contributed by atoms with Crippen LogP contribution < -0.4 is 9.62 Å². The largest absolute Gasteiger partial charge is 0.352 e. The van der Waals surface area contributed by atoms with Gasteiger partial charge in [0.25, 0.3) is 10.0 Å². The topological polar surface area (TPSA) is 86.8 Å². The van der Waals surface area contributed by atoms with Gasteiger partial charge in [-0.1, -0.05) is 63.5 Å². The van der Waals surface area contributed by atoms with Gasteiger partial charge in [-0.3, -0.25) is 13.9 Å². The smallest absolute Gasteiger partial charge is 0.264 e. The number of halogens is 1. The highest BCUT2D eigenvalue weighted by molar-refractivity contribution is 9.10. The predicted octanol–water partition coefficient (Wildman–Crippen LogP) is 5.20. The molecule has 0 radical (unpaired) electrons. The Morgan fingerprint density at radius 1 is 0.842 bits per heavy atom. The zero-order valence-electron chi connectivity index (χ0n) is 22.3. The van der Waals surface area contributed by atoms with Crippen molar-refractivity contribution in [3.8, 4) is 0 Å². The summed E-state index contributed by atoms with van der Waals surface area (Å²) in [6.07, 6.45) is 0. The first-order chi connectivity index (χ1) is 17.9. The van der Waals surface area contributed by atoms with Gasteiger partial charge in [0.15, 0.2) is 0 Å². The Morgan fingerprint density at radius 2 is 1.37 bits per heavy atom. The van der Waals surface area contributed by atoms with Gasteiger partial charge in [-0.25, -0.2) is 8.42 Å². The van der Waals surface area contributed by atoms with E-state index in [9.17, 15) is 18.0 Å². The van der Waals surface area contributed by atoms with Gasteiger partial charge < -0.3 is 10.2 Å². The van der Waals surface area contributed by atoms with E-state index in [1.165, 1.54) is 17.0 Å². The highest BCUT2D eigenvalue weighted by atomic mass is 79.9. The predicted molar refractivity (Wildman–Crippen MR) is 154 cm³/mol. The number of benzene rings is 3. The minimum Gasteiger partial charge on any atom is -0.352 e. The Balaban J connectivity index is 2.02. The molecule has 202 valence electrons. The zero-order chi connectivity index (χ0) is 28.0. The van der Waals surface area contributed by atoms with Crippen molar-refractivity contribution in [3.05, 3.63) is 94.0 Å². The van der Waals surface area contributed by atoms with Gasteiger partial charge in [-0.15, -0.1) is 0 Å². The van der Waals surface area contributed by atoms with Crippen LogP contribution in [0.25, 0.3) is 0 Å². The molecule has 0 saturated carbocycles. The molecule has 0 aliphatic heterocycles. The lowest BCUT2D eigenvalue weighted by atomic mass is 10.1. The summed E-state index contributed by atoms with van der Waals surface area (Å²) in [4.78, 5) is 28.3. The average Bonchev–Trinajstić information content (AvgIpc) is 2.87. The van der Waals surface area contributed by atoms with E-state index in [0.717, 1.165) is 25.5 Å². The minimum atomic E-state index is -4.09. The third-order valence-corrected chi connectivity index (χ3v) is 8.39. The first-order valence-corrected chi connectivity index (χ1v) is 14.6. The molecule has 3 aromatic rings. The molecule has 9 heteroatoms. The summed E-state index contributed by atoms with van der Waals surface area (Å²) in [5, 5.41) is 2.86. The average molecular weight is 601 g/mol. The summed E-state index contributed by atoms with van der Waals surface area (Å²) < 4.78 is 29.5. The molecule has 0 aliphatic rings. The molecular weight excluding hydrogens is 566 g/mol. The summed E-state index contributed by atoms with van der Waals surface area (Å²) in [5.41, 5.74) is 3.17. The standard InChI is InChI=1S/C29H34BrN3O4S/c1-20(2)31-29(35)23(5)32(18-24-10-6-21(3)7-11-24)28(34)19-33(26-14-12-25(30)13-15-26)38(36,37)27-16-8-22(4)9-17-27/h6-17,20,23H,18-19H2,1-5H3,(H,31,35). The van der Waals surface area contributed by atoms with Gasteiger partial charge in [0.05, 0.1) is 10.6 Å². The maximum atomic E-state index is 13.9. The van der Waals surface area contributed by atoms with Crippen molar-refractivity contribution in [2.24, 2.45) is 0 Å². The number of hydrogen-bond acceptors (Lipinski definition) is 4. The third kappa shape index (κ3) is 7.45. The molecule has 1 N–H and O–H groups in total. The molecular formula is C29H34BrN3O4S. The first-order valence-electron chi connectivity index (χ1n) is 12.4. The molecule has 38 heavy (non-hydrogen) atoms. The molecule has 2 amide bonds. The molecule has 0 bridgehead atoms. The number of aryl methyl sites for hydroxylation is 2. The molecule has 0 spiro atoms. The number of carbonyl (C=O) groups excluding carboxylic acids is 2. The van der Waals surface area contributed by atoms with Crippen LogP contribution in [0.1, 0.15) is 37.5 Å². The Labute approximate surface area is 234 Å². The zero-order valence-corrected chi connectivity index (χ0v) is 24.7. The van der Waals surface area contributed by atoms with Crippen LogP contribution in [0.2, 0.25) is 0 Å². The molecule has 7 nitrogen and oxygen atoms in total. The molecule has 0 aliphatic carbocycles. The monoisotopic (exact) mass is 599 g/mol. The van der Waals surface area contributed by atoms with Crippen LogP contribution in [-0.4, -0.2) is 43.8 Å². The molecule has 3 rings (SSSR count). The normalized spacial score (nSPS) is 12.2. The quantitative estimate of drug-likeness (QED) is 0.347. The van der Waals surface area contributed by atoms with Crippen molar-refractivity contribution >= 4 is 43.5 Å². The maximum absolute atomic E-state index is 13.9. The van der Waals surface area contributed by atoms with E-state index >= 15 is 0 Å². The molecule has 0 heterocycles. The molecule has 1 unspecified atom stereocenters. The van der Waals surface area contributed by atoms with Gasteiger partial charge in [0.2, 0.25) is 11.8 Å². The Hall–Kier alpha value is -3.17. The van der Waals surface area contributed by atoms with Gasteiger partial charge >= 0.3 is 0 Å². The van der Waals surface area contributed by atoms with E-state index in [1.54, 1.807) is 43.3 Å². The van der Waals surface area contributed by atoms with Crippen LogP contribution in [0.4, 0.5) is 5.69 Å². The van der Waals surface area contributed by atoms with E-state index < -0.39 is 28.5 Å². The minimum absolute atomic E-state index is 0.0782. The van der Waals surface area contributed by atoms with Crippen molar-refractivity contribution in [1.82, 2.24) is 10.2 Å². The molecule has 0 saturated heterocycles. The highest BCUT2D eigenvalue weighted by Crippen LogP contribution is 2.26. The molecule has 3 aromatic carbocycles. The van der Waals surface area contributed by atoms with Crippen LogP contribution in [-0.2, 0) is 26.2 Å². The SMILES string of the molecule is Cc1ccc(CN(C(=O)CN(c2ccc(Br)cc2)S(=O)(=O)c2ccc(C)cc2)C(C)C(=O)NC(C)C)cc1. The van der Waals surface area contributed by atoms with E-state index in [2.05, 4.69) is 21.2 Å². The summed E-state index contributed by atoms with van der Waals surface area (Å²) in [7, 11) is -4.09. The maximum Gasteiger partial charge on any atom is 0.264 e. The van der Waals surface area contributed by atoms with Gasteiger partial charge in [0.1, 0.15) is 12.6 Å². The lowest BCUT2D eigenvalue weighted by Crippen LogP contribution is -2.52. The lowest BCUT2D eigenvalue weighted by Gasteiger charge is -2.32. The Kier molecular flexibility index (Phi) is 9.73. The second-order valence-corrected chi connectivity index (χ2v) is 12.4. The molecule has 1 atom stereocenters. The lowest BCUT2D eigenvalue weighted by molar-refractivity contribution is -0.139. The summed E-state index contributed by atoms with van der Waals surface area (Å²) in [6, 6.07) is 20.0. The number of nitrogens with one attached hydrogen (secondary N) is 1. The fraction of sp³-hybridized carbons (Fsp3) is 0.310. The van der Waals surface area contributed by atoms with Crippen molar-refractivity contribution in [3.63, 3.8) is 0 Å². The second-order valence-electron chi connectivity index (χ2n) is 9.65. The van der Waals surface area contributed by atoms with Gasteiger partial charge in [-0.2, -0.15) is 0 Å². The third-order valence-electron chi connectivity index (χ3n) is 6.07. The summed E-state index contributed by atoms with van der Waals surface area (Å²) in [5.74, 6) is -0.798. The van der Waals surface area contributed by atoms with Crippen LogP contribution in [0.5, 0.6) is 0 Å².